The van der Waals surface area contributed by atoms with E-state index in [0.717, 1.165) is 73.1 Å². The Morgan fingerprint density at radius 2 is 1.72 bits per heavy atom. The van der Waals surface area contributed by atoms with Crippen LogP contribution in [0.5, 0.6) is 5.75 Å². The summed E-state index contributed by atoms with van der Waals surface area (Å²) in [6, 6.07) is 12.4. The summed E-state index contributed by atoms with van der Waals surface area (Å²) in [5.41, 5.74) is 5.28. The number of nitrogens with zero attached hydrogens (tertiary/aromatic N) is 3. The Labute approximate surface area is 277 Å². The van der Waals surface area contributed by atoms with Crippen LogP contribution in [0.3, 0.4) is 0 Å². The summed E-state index contributed by atoms with van der Waals surface area (Å²) in [5, 5.41) is 1.08. The number of carbonyl (C=O) groups is 2. The number of likely N-dealkylation sites (tertiary alicyclic amines) is 1. The molecule has 4 heterocycles. The number of nitrogens with one attached hydrogen (secondary N) is 1. The van der Waals surface area contributed by atoms with Crippen molar-refractivity contribution < 1.29 is 22.7 Å². The number of hydrogen-bond acceptors (Lipinski definition) is 6. The number of sulfonamides is 1. The molecule has 4 atom stereocenters. The molecule has 4 unspecified atom stereocenters. The second-order valence-corrected chi connectivity index (χ2v) is 16.6. The molecule has 4 fully saturated rings. The Bertz CT molecular complexity index is 1930. The van der Waals surface area contributed by atoms with Gasteiger partial charge in [-0.15, -0.1) is 0 Å². The van der Waals surface area contributed by atoms with Crippen LogP contribution in [0.15, 0.2) is 47.9 Å². The summed E-state index contributed by atoms with van der Waals surface area (Å²) in [5.74, 6) is 0.786. The monoisotopic (exact) mass is 656 g/mol. The fourth-order valence-corrected chi connectivity index (χ4v) is 9.93. The summed E-state index contributed by atoms with van der Waals surface area (Å²) in [6.07, 6.45) is 8.61. The second kappa shape index (κ2) is 11.0. The number of benzene rings is 2. The molecule has 2 saturated carbocycles. The molecule has 9 nitrogen and oxygen atoms in total. The van der Waals surface area contributed by atoms with Crippen molar-refractivity contribution in [3.05, 3.63) is 64.6 Å². The van der Waals surface area contributed by atoms with Crippen molar-refractivity contribution >= 4 is 32.7 Å². The van der Waals surface area contributed by atoms with E-state index in [1.807, 2.05) is 18.2 Å². The van der Waals surface area contributed by atoms with Gasteiger partial charge in [0.05, 0.1) is 23.1 Å². The number of carbonyl (C=O) groups excluding carboxylic acids is 2. The fraction of sp³-hybridized carbons (Fsp3) is 0.514. The summed E-state index contributed by atoms with van der Waals surface area (Å²) >= 11 is 0. The van der Waals surface area contributed by atoms with Gasteiger partial charge >= 0.3 is 0 Å². The van der Waals surface area contributed by atoms with E-state index in [1.54, 1.807) is 13.2 Å². The number of methoxy groups -OCH3 is 1. The minimum absolute atomic E-state index is 0.0699. The predicted octanol–water partition coefficient (Wildman–Crippen LogP) is 5.75. The lowest BCUT2D eigenvalue weighted by atomic mass is 9.81. The van der Waals surface area contributed by atoms with E-state index in [0.29, 0.717) is 12.5 Å². The first-order valence-electron chi connectivity index (χ1n) is 17.1. The van der Waals surface area contributed by atoms with E-state index >= 15 is 0 Å². The average molecular weight is 657 g/mol. The lowest BCUT2D eigenvalue weighted by Gasteiger charge is -2.41. The first-order chi connectivity index (χ1) is 22.5. The summed E-state index contributed by atoms with van der Waals surface area (Å²) in [4.78, 5) is 32.8. The van der Waals surface area contributed by atoms with Gasteiger partial charge in [-0.05, 0) is 93.5 Å². The molecule has 248 valence electrons. The Morgan fingerprint density at radius 3 is 2.40 bits per heavy atom. The normalized spacial score (nSPS) is 27.0. The van der Waals surface area contributed by atoms with Gasteiger partial charge in [-0.1, -0.05) is 31.9 Å². The van der Waals surface area contributed by atoms with Crippen LogP contribution < -0.4 is 9.46 Å². The average Bonchev–Trinajstić information content (AvgIpc) is 3.64. The highest BCUT2D eigenvalue weighted by Gasteiger charge is 2.65. The van der Waals surface area contributed by atoms with Crippen molar-refractivity contribution in [2.24, 2.45) is 5.41 Å². The number of aromatic nitrogens is 1. The Balaban J connectivity index is 1.33. The molecule has 8 rings (SSSR count). The molecule has 47 heavy (non-hydrogen) atoms. The topological polar surface area (TPSA) is 101 Å². The van der Waals surface area contributed by atoms with Crippen LogP contribution in [0.4, 0.5) is 0 Å². The maximum atomic E-state index is 15.0. The van der Waals surface area contributed by atoms with Gasteiger partial charge in [0.1, 0.15) is 5.75 Å². The molecule has 10 heteroatoms. The van der Waals surface area contributed by atoms with Gasteiger partial charge in [-0.25, -0.2) is 13.1 Å². The predicted molar refractivity (Wildman–Crippen MR) is 182 cm³/mol. The summed E-state index contributed by atoms with van der Waals surface area (Å²) in [7, 11) is -0.147. The molecule has 2 aromatic carbocycles. The number of hydrogen-bond donors (Lipinski definition) is 1. The molecule has 2 aliphatic carbocycles. The lowest BCUT2D eigenvalue weighted by Crippen LogP contribution is -2.57. The van der Waals surface area contributed by atoms with Crippen LogP contribution in [0.1, 0.15) is 91.6 Å². The van der Waals surface area contributed by atoms with Crippen LogP contribution in [-0.2, 0) is 21.4 Å². The highest BCUT2D eigenvalue weighted by Crippen LogP contribution is 2.66. The number of rotatable bonds is 6. The molecule has 0 spiro atoms. The van der Waals surface area contributed by atoms with Gasteiger partial charge in [-0.3, -0.25) is 9.59 Å². The number of allylic oxidation sites excluding steroid dienone is 1. The number of amides is 2. The number of fused-ring (bicyclic) bond motifs is 9. The van der Waals surface area contributed by atoms with Crippen molar-refractivity contribution in [3.8, 4) is 17.0 Å². The summed E-state index contributed by atoms with van der Waals surface area (Å²) in [6.45, 7) is 7.22. The van der Waals surface area contributed by atoms with Gasteiger partial charge in [0.25, 0.3) is 15.9 Å². The smallest absolute Gasteiger partial charge is 0.265 e. The number of likely N-dealkylation sites (N-methyl/N-ethyl adjacent to an activating group) is 1. The first-order valence-corrected chi connectivity index (χ1v) is 18.6. The minimum atomic E-state index is -3.99. The van der Waals surface area contributed by atoms with E-state index in [-0.39, 0.29) is 34.4 Å². The third-order valence-corrected chi connectivity index (χ3v) is 13.2. The minimum Gasteiger partial charge on any atom is -0.497 e. The van der Waals surface area contributed by atoms with Crippen LogP contribution in [0, 0.1) is 5.41 Å². The van der Waals surface area contributed by atoms with Crippen molar-refractivity contribution in [2.45, 2.75) is 88.8 Å². The molecular formula is C37H44N4O5S. The van der Waals surface area contributed by atoms with Crippen LogP contribution in [0.2, 0.25) is 0 Å². The number of ether oxygens (including phenoxy) is 1. The van der Waals surface area contributed by atoms with E-state index < -0.39 is 21.3 Å². The van der Waals surface area contributed by atoms with Crippen LogP contribution in [0.25, 0.3) is 22.2 Å². The van der Waals surface area contributed by atoms with E-state index in [9.17, 15) is 18.0 Å². The molecule has 3 aliphatic heterocycles. The van der Waals surface area contributed by atoms with E-state index in [2.05, 4.69) is 44.8 Å². The zero-order chi connectivity index (χ0) is 32.8. The molecule has 0 radical (unpaired) electrons. The SMILES string of the molecule is C=C(C)S(=O)(=O)NC(=O)c1ccc2c(C3CCCCC3)c3n(c2c1)CC1(C(=O)N2C4CCC2CN(C)C4)CC1c1cc(OC)ccc1-3. The first kappa shape index (κ1) is 30.7. The van der Waals surface area contributed by atoms with Crippen LogP contribution in [-0.4, -0.2) is 73.9 Å². The maximum absolute atomic E-state index is 15.0. The zero-order valence-corrected chi connectivity index (χ0v) is 28.4. The Morgan fingerprint density at radius 1 is 1.00 bits per heavy atom. The second-order valence-electron chi connectivity index (χ2n) is 14.7. The van der Waals surface area contributed by atoms with Gasteiger partial charge in [-0.2, -0.15) is 0 Å². The molecular weight excluding hydrogens is 612 g/mol. The zero-order valence-electron chi connectivity index (χ0n) is 27.5. The highest BCUT2D eigenvalue weighted by molar-refractivity contribution is 7.93. The van der Waals surface area contributed by atoms with Gasteiger partial charge in [0, 0.05) is 59.7 Å². The molecule has 1 N–H and O–H groups in total. The standard InChI is InChI=1S/C37H44N4O5S/c1-22(2)47(44,45)38-35(42)24-10-14-29-32(16-24)40-21-37(36(43)41-25-11-12-26(41)20-39(3)19-25)18-31(37)30-17-27(46-4)13-15-28(30)34(40)33(29)23-8-6-5-7-9-23/h10,13-17,23,25-26,31H,1,5-9,11-12,18-21H2,2-4H3,(H,38,42). The van der Waals surface area contributed by atoms with E-state index in [1.165, 1.54) is 37.3 Å². The quantitative estimate of drug-likeness (QED) is 0.363. The summed E-state index contributed by atoms with van der Waals surface area (Å²) < 4.78 is 35.4. The van der Waals surface area contributed by atoms with Crippen molar-refractivity contribution in [2.75, 3.05) is 27.2 Å². The van der Waals surface area contributed by atoms with Gasteiger partial charge in [0.2, 0.25) is 5.91 Å². The molecule has 1 aromatic heterocycles. The molecule has 2 bridgehead atoms. The van der Waals surface area contributed by atoms with Crippen LogP contribution >= 0.6 is 0 Å². The van der Waals surface area contributed by atoms with Crippen molar-refractivity contribution in [1.29, 1.82) is 0 Å². The largest absolute Gasteiger partial charge is 0.497 e. The Hall–Kier alpha value is -3.63. The van der Waals surface area contributed by atoms with Gasteiger partial charge in [0.15, 0.2) is 0 Å². The third-order valence-electron chi connectivity index (χ3n) is 11.8. The van der Waals surface area contributed by atoms with Gasteiger partial charge < -0.3 is 19.1 Å². The Kier molecular flexibility index (Phi) is 7.15. The molecule has 5 aliphatic rings. The third kappa shape index (κ3) is 4.77. The maximum Gasteiger partial charge on any atom is 0.265 e. The molecule has 2 amide bonds. The fourth-order valence-electron chi connectivity index (χ4n) is 9.39. The highest BCUT2D eigenvalue weighted by atomic mass is 32.2. The van der Waals surface area contributed by atoms with E-state index in [4.69, 9.17) is 4.74 Å². The molecule has 3 aromatic rings. The van der Waals surface area contributed by atoms with Crippen molar-refractivity contribution in [3.63, 3.8) is 0 Å². The lowest BCUT2D eigenvalue weighted by molar-refractivity contribution is -0.143. The number of piperazine rings is 1. The molecule has 2 saturated heterocycles. The van der Waals surface area contributed by atoms with Crippen molar-refractivity contribution in [1.82, 2.24) is 19.1 Å².